The molecule has 0 saturated carbocycles. The molecular formula is C14H20N4O. The van der Waals surface area contributed by atoms with Gasteiger partial charge < -0.3 is 10.2 Å². The van der Waals surface area contributed by atoms with Crippen molar-refractivity contribution < 1.29 is 4.79 Å². The number of carbonyl (C=O) groups is 1. The van der Waals surface area contributed by atoms with Gasteiger partial charge in [-0.3, -0.25) is 9.78 Å². The number of carbonyl (C=O) groups excluding carboxylic acids is 1. The average molecular weight is 260 g/mol. The Morgan fingerprint density at radius 3 is 2.58 bits per heavy atom. The van der Waals surface area contributed by atoms with Crippen molar-refractivity contribution in [2.45, 2.75) is 26.8 Å². The lowest BCUT2D eigenvalue weighted by molar-refractivity contribution is 0.0917. The summed E-state index contributed by atoms with van der Waals surface area (Å²) in [5, 5.41) is 11.8. The molecule has 0 unspecified atom stereocenters. The van der Waals surface area contributed by atoms with Gasteiger partial charge in [0.1, 0.15) is 11.7 Å². The third-order valence-electron chi connectivity index (χ3n) is 2.76. The fourth-order valence-electron chi connectivity index (χ4n) is 1.47. The van der Waals surface area contributed by atoms with Crippen molar-refractivity contribution in [3.63, 3.8) is 0 Å². The highest BCUT2D eigenvalue weighted by Crippen LogP contribution is 2.19. The van der Waals surface area contributed by atoms with E-state index in [0.717, 1.165) is 5.69 Å². The molecule has 1 N–H and O–H groups in total. The highest BCUT2D eigenvalue weighted by Gasteiger charge is 2.26. The van der Waals surface area contributed by atoms with Crippen LogP contribution in [0.5, 0.6) is 0 Å². The van der Waals surface area contributed by atoms with Crippen LogP contribution in [0, 0.1) is 16.7 Å². The number of nitrogens with one attached hydrogen (secondary N) is 1. The quantitative estimate of drug-likeness (QED) is 0.900. The molecule has 0 aromatic carbocycles. The van der Waals surface area contributed by atoms with Crippen LogP contribution in [0.25, 0.3) is 0 Å². The van der Waals surface area contributed by atoms with Gasteiger partial charge in [0.25, 0.3) is 5.91 Å². The maximum atomic E-state index is 12.1. The third-order valence-corrected chi connectivity index (χ3v) is 2.76. The maximum absolute atomic E-state index is 12.1. The van der Waals surface area contributed by atoms with E-state index in [9.17, 15) is 4.79 Å². The van der Waals surface area contributed by atoms with Crippen molar-refractivity contribution >= 4 is 11.6 Å². The number of hydrogen-bond donors (Lipinski definition) is 1. The summed E-state index contributed by atoms with van der Waals surface area (Å²) in [6.07, 6.45) is 1.59. The molecule has 0 bridgehead atoms. The summed E-state index contributed by atoms with van der Waals surface area (Å²) in [7, 11) is 3.79. The molecule has 5 nitrogen and oxygen atoms in total. The number of anilines is 1. The molecule has 102 valence electrons. The highest BCUT2D eigenvalue weighted by atomic mass is 16.1. The summed E-state index contributed by atoms with van der Waals surface area (Å²) in [6, 6.07) is 5.08. The second-order valence-corrected chi connectivity index (χ2v) is 5.70. The molecule has 1 rings (SSSR count). The van der Waals surface area contributed by atoms with E-state index in [4.69, 9.17) is 5.26 Å². The monoisotopic (exact) mass is 260 g/mol. The smallest absolute Gasteiger partial charge is 0.271 e. The number of aromatic nitrogens is 1. The second kappa shape index (κ2) is 5.70. The van der Waals surface area contributed by atoms with Gasteiger partial charge >= 0.3 is 0 Å². The minimum atomic E-state index is -0.551. The minimum absolute atomic E-state index is 0.315. The highest BCUT2D eigenvalue weighted by molar-refractivity contribution is 5.93. The Labute approximate surface area is 114 Å². The fourth-order valence-corrected chi connectivity index (χ4v) is 1.47. The molecule has 0 aliphatic carbocycles. The summed E-state index contributed by atoms with van der Waals surface area (Å²) in [6.45, 7) is 5.72. The van der Waals surface area contributed by atoms with E-state index in [-0.39, 0.29) is 11.3 Å². The largest absolute Gasteiger partial charge is 0.378 e. The minimum Gasteiger partial charge on any atom is -0.378 e. The fraction of sp³-hybridized carbons (Fsp3) is 0.500. The Morgan fingerprint density at radius 1 is 1.47 bits per heavy atom. The van der Waals surface area contributed by atoms with Crippen molar-refractivity contribution in [3.05, 3.63) is 24.0 Å². The van der Waals surface area contributed by atoms with Gasteiger partial charge in [0.05, 0.1) is 6.07 Å². The maximum Gasteiger partial charge on any atom is 0.271 e. The Morgan fingerprint density at radius 2 is 2.11 bits per heavy atom. The Bertz CT molecular complexity index is 497. The molecule has 0 spiro atoms. The number of nitriles is 1. The van der Waals surface area contributed by atoms with Gasteiger partial charge in [-0.15, -0.1) is 0 Å². The summed E-state index contributed by atoms with van der Waals surface area (Å²) in [5.74, 6) is -0.329. The van der Waals surface area contributed by atoms with E-state index in [0.29, 0.717) is 5.69 Å². The predicted molar refractivity (Wildman–Crippen MR) is 74.9 cm³/mol. The first-order chi connectivity index (χ1) is 8.75. The molecule has 1 aromatic rings. The first-order valence-corrected chi connectivity index (χ1v) is 6.09. The standard InChI is InChI=1S/C14H20N4O/c1-14(2,3)12(9-15)17-13(19)11-8-10(18(4)5)6-7-16-11/h6-8,12H,1-5H3,(H,17,19)/t12-/m0/s1. The van der Waals surface area contributed by atoms with Crippen molar-refractivity contribution in [2.24, 2.45) is 5.41 Å². The Kier molecular flexibility index (Phi) is 4.49. The van der Waals surface area contributed by atoms with Crippen LogP contribution >= 0.6 is 0 Å². The van der Waals surface area contributed by atoms with Gasteiger partial charge in [-0.25, -0.2) is 0 Å². The van der Waals surface area contributed by atoms with E-state index >= 15 is 0 Å². The van der Waals surface area contributed by atoms with Crippen molar-refractivity contribution in [1.82, 2.24) is 10.3 Å². The van der Waals surface area contributed by atoms with Crippen LogP contribution in [0.1, 0.15) is 31.3 Å². The molecule has 19 heavy (non-hydrogen) atoms. The predicted octanol–water partition coefficient (Wildman–Crippen LogP) is 1.82. The van der Waals surface area contributed by atoms with Gasteiger partial charge in [-0.1, -0.05) is 20.8 Å². The summed E-state index contributed by atoms with van der Waals surface area (Å²) in [5.41, 5.74) is 0.893. The number of amides is 1. The SMILES string of the molecule is CN(C)c1ccnc(C(=O)N[C@@H](C#N)C(C)(C)C)c1. The van der Waals surface area contributed by atoms with Crippen LogP contribution in [-0.4, -0.2) is 31.0 Å². The Hall–Kier alpha value is -2.09. The number of hydrogen-bond acceptors (Lipinski definition) is 4. The van der Waals surface area contributed by atoms with Gasteiger partial charge in [-0.2, -0.15) is 5.26 Å². The van der Waals surface area contributed by atoms with Gasteiger partial charge in [-0.05, 0) is 17.5 Å². The van der Waals surface area contributed by atoms with E-state index in [1.165, 1.54) is 0 Å². The van der Waals surface area contributed by atoms with E-state index in [1.807, 2.05) is 45.8 Å². The van der Waals surface area contributed by atoms with Gasteiger partial charge in [0.2, 0.25) is 0 Å². The summed E-state index contributed by atoms with van der Waals surface area (Å²) < 4.78 is 0. The van der Waals surface area contributed by atoms with Crippen LogP contribution in [0.4, 0.5) is 5.69 Å². The van der Waals surface area contributed by atoms with Crippen molar-refractivity contribution in [1.29, 1.82) is 5.26 Å². The molecule has 0 aliphatic rings. The first kappa shape index (κ1) is 15.0. The van der Waals surface area contributed by atoms with Crippen LogP contribution < -0.4 is 10.2 Å². The molecular weight excluding hydrogens is 240 g/mol. The molecule has 1 aromatic heterocycles. The zero-order valence-electron chi connectivity index (χ0n) is 12.1. The van der Waals surface area contributed by atoms with Crippen LogP contribution in [-0.2, 0) is 0 Å². The molecule has 1 atom stereocenters. The molecule has 0 aliphatic heterocycles. The number of pyridine rings is 1. The number of nitrogens with zero attached hydrogens (tertiary/aromatic N) is 3. The molecule has 0 fully saturated rings. The van der Waals surface area contributed by atoms with Crippen LogP contribution in [0.3, 0.4) is 0 Å². The summed E-state index contributed by atoms with van der Waals surface area (Å²) >= 11 is 0. The first-order valence-electron chi connectivity index (χ1n) is 6.09. The Balaban J connectivity index is 2.90. The van der Waals surface area contributed by atoms with E-state index in [2.05, 4.69) is 16.4 Å². The zero-order chi connectivity index (χ0) is 14.6. The van der Waals surface area contributed by atoms with Crippen LogP contribution in [0.15, 0.2) is 18.3 Å². The van der Waals surface area contributed by atoms with Gasteiger partial charge in [0, 0.05) is 26.0 Å². The topological polar surface area (TPSA) is 69.0 Å². The molecule has 0 radical (unpaired) electrons. The second-order valence-electron chi connectivity index (χ2n) is 5.70. The number of rotatable bonds is 3. The van der Waals surface area contributed by atoms with Crippen molar-refractivity contribution in [2.75, 3.05) is 19.0 Å². The van der Waals surface area contributed by atoms with Gasteiger partial charge in [0.15, 0.2) is 0 Å². The van der Waals surface area contributed by atoms with E-state index in [1.54, 1.807) is 12.3 Å². The molecule has 1 heterocycles. The average Bonchev–Trinajstić information content (AvgIpc) is 2.34. The normalized spacial score (nSPS) is 12.4. The zero-order valence-corrected chi connectivity index (χ0v) is 12.1. The van der Waals surface area contributed by atoms with Crippen molar-refractivity contribution in [3.8, 4) is 6.07 Å². The molecule has 5 heteroatoms. The molecule has 1 amide bonds. The molecule has 0 saturated heterocycles. The lowest BCUT2D eigenvalue weighted by Crippen LogP contribution is -2.42. The lowest BCUT2D eigenvalue weighted by Gasteiger charge is -2.25. The van der Waals surface area contributed by atoms with Crippen LogP contribution in [0.2, 0.25) is 0 Å². The third kappa shape index (κ3) is 3.95. The summed E-state index contributed by atoms with van der Waals surface area (Å²) in [4.78, 5) is 18.0. The lowest BCUT2D eigenvalue weighted by atomic mass is 9.87. The van der Waals surface area contributed by atoms with E-state index < -0.39 is 6.04 Å².